The van der Waals surface area contributed by atoms with Crippen molar-refractivity contribution in [2.75, 3.05) is 13.1 Å². The van der Waals surface area contributed by atoms with E-state index in [2.05, 4.69) is 4.90 Å². The lowest BCUT2D eigenvalue weighted by molar-refractivity contribution is -0.122. The number of hydrogen-bond donors (Lipinski definition) is 1. The Morgan fingerprint density at radius 3 is 2.58 bits per heavy atom. The fraction of sp³-hybridized carbons (Fsp3) is 0.467. The van der Waals surface area contributed by atoms with Crippen LogP contribution >= 0.6 is 0 Å². The van der Waals surface area contributed by atoms with Gasteiger partial charge in [-0.3, -0.25) is 9.69 Å². The molecule has 0 aromatic heterocycles. The maximum atomic E-state index is 11.4. The van der Waals surface area contributed by atoms with E-state index in [9.17, 15) is 9.59 Å². The number of carbonyl (C=O) groups excluding carboxylic acids is 1. The molecule has 1 fully saturated rings. The van der Waals surface area contributed by atoms with Gasteiger partial charge >= 0.3 is 5.97 Å². The van der Waals surface area contributed by atoms with Crippen LogP contribution < -0.4 is 0 Å². The van der Waals surface area contributed by atoms with E-state index in [0.29, 0.717) is 5.56 Å². The lowest BCUT2D eigenvalue weighted by Gasteiger charge is -2.31. The average molecular weight is 261 g/mol. The molecule has 1 atom stereocenters. The minimum absolute atomic E-state index is 0.159. The number of carbonyl (C=O) groups is 2. The van der Waals surface area contributed by atoms with Crippen LogP contribution in [-0.4, -0.2) is 34.8 Å². The highest BCUT2D eigenvalue weighted by Gasteiger charge is 2.22. The van der Waals surface area contributed by atoms with Gasteiger partial charge in [-0.05, 0) is 44.0 Å². The maximum absolute atomic E-state index is 11.4. The van der Waals surface area contributed by atoms with Crippen LogP contribution in [0.5, 0.6) is 0 Å². The van der Waals surface area contributed by atoms with Crippen LogP contribution in [-0.2, 0) is 11.3 Å². The number of Topliss-reactive ketones (excluding diaryl/α,β-unsaturated/α-hetero) is 1. The molecule has 4 nitrogen and oxygen atoms in total. The third-order valence-electron chi connectivity index (χ3n) is 3.69. The van der Waals surface area contributed by atoms with Crippen LogP contribution in [0, 0.1) is 5.92 Å². The fourth-order valence-corrected chi connectivity index (χ4v) is 2.54. The van der Waals surface area contributed by atoms with Crippen molar-refractivity contribution in [1.29, 1.82) is 0 Å². The monoisotopic (exact) mass is 261 g/mol. The molecular formula is C15H19NO3. The van der Waals surface area contributed by atoms with Crippen LogP contribution in [0.3, 0.4) is 0 Å². The highest BCUT2D eigenvalue weighted by molar-refractivity contribution is 5.87. The van der Waals surface area contributed by atoms with Gasteiger partial charge in [-0.1, -0.05) is 12.1 Å². The second-order valence-corrected chi connectivity index (χ2v) is 5.19. The van der Waals surface area contributed by atoms with Gasteiger partial charge in [0.1, 0.15) is 5.78 Å². The smallest absolute Gasteiger partial charge is 0.335 e. The molecule has 0 aliphatic carbocycles. The number of likely N-dealkylation sites (tertiary alicyclic amines) is 1. The fourth-order valence-electron chi connectivity index (χ4n) is 2.54. The van der Waals surface area contributed by atoms with E-state index < -0.39 is 5.97 Å². The molecule has 1 saturated heterocycles. The number of rotatable bonds is 4. The number of nitrogens with zero attached hydrogens (tertiary/aromatic N) is 1. The zero-order valence-corrected chi connectivity index (χ0v) is 11.1. The van der Waals surface area contributed by atoms with Gasteiger partial charge in [-0.25, -0.2) is 4.79 Å². The first-order valence-electron chi connectivity index (χ1n) is 6.61. The summed E-state index contributed by atoms with van der Waals surface area (Å²) in [7, 11) is 0. The van der Waals surface area contributed by atoms with E-state index in [1.165, 1.54) is 0 Å². The van der Waals surface area contributed by atoms with E-state index in [-0.39, 0.29) is 11.7 Å². The summed E-state index contributed by atoms with van der Waals surface area (Å²) in [5.74, 6) is -0.473. The molecule has 1 aromatic rings. The summed E-state index contributed by atoms with van der Waals surface area (Å²) in [6.07, 6.45) is 2.04. The Morgan fingerprint density at radius 2 is 2.00 bits per heavy atom. The first kappa shape index (κ1) is 13.7. The third-order valence-corrected chi connectivity index (χ3v) is 3.69. The molecule has 4 heteroatoms. The van der Waals surface area contributed by atoms with Crippen molar-refractivity contribution >= 4 is 11.8 Å². The Labute approximate surface area is 113 Å². The van der Waals surface area contributed by atoms with Crippen molar-refractivity contribution in [2.45, 2.75) is 26.3 Å². The van der Waals surface area contributed by atoms with Gasteiger partial charge in [0, 0.05) is 19.0 Å². The summed E-state index contributed by atoms with van der Waals surface area (Å²) in [6.45, 7) is 4.26. The van der Waals surface area contributed by atoms with Crippen LogP contribution in [0.25, 0.3) is 0 Å². The van der Waals surface area contributed by atoms with Gasteiger partial charge in [0.25, 0.3) is 0 Å². The number of ketones is 1. The maximum Gasteiger partial charge on any atom is 0.335 e. The molecule has 1 aliphatic rings. The molecule has 0 radical (unpaired) electrons. The van der Waals surface area contributed by atoms with E-state index in [1.54, 1.807) is 19.1 Å². The SMILES string of the molecule is CC(=O)C1CCCN(Cc2ccc(C(=O)O)cc2)C1. The molecule has 0 bridgehead atoms. The van der Waals surface area contributed by atoms with Gasteiger partial charge in [0.05, 0.1) is 5.56 Å². The van der Waals surface area contributed by atoms with Crippen molar-refractivity contribution in [1.82, 2.24) is 4.90 Å². The lowest BCUT2D eigenvalue weighted by atomic mass is 9.94. The molecule has 19 heavy (non-hydrogen) atoms. The number of piperidine rings is 1. The minimum Gasteiger partial charge on any atom is -0.478 e. The van der Waals surface area contributed by atoms with Gasteiger partial charge in [0.2, 0.25) is 0 Å². The van der Waals surface area contributed by atoms with Crippen molar-refractivity contribution < 1.29 is 14.7 Å². The molecular weight excluding hydrogens is 242 g/mol. The van der Waals surface area contributed by atoms with Crippen LogP contribution in [0.2, 0.25) is 0 Å². The zero-order valence-electron chi connectivity index (χ0n) is 11.1. The Kier molecular flexibility index (Phi) is 4.32. The Bertz CT molecular complexity index is 467. The summed E-state index contributed by atoms with van der Waals surface area (Å²) in [5.41, 5.74) is 1.40. The molecule has 2 rings (SSSR count). The topological polar surface area (TPSA) is 57.6 Å². The van der Waals surface area contributed by atoms with E-state index >= 15 is 0 Å². The summed E-state index contributed by atoms with van der Waals surface area (Å²) in [5, 5.41) is 8.85. The third kappa shape index (κ3) is 3.64. The van der Waals surface area contributed by atoms with Crippen LogP contribution in [0.1, 0.15) is 35.7 Å². The quantitative estimate of drug-likeness (QED) is 0.902. The standard InChI is InChI=1S/C15H19NO3/c1-11(17)14-3-2-8-16(10-14)9-12-4-6-13(7-5-12)15(18)19/h4-7,14H,2-3,8-10H2,1H3,(H,18,19). The lowest BCUT2D eigenvalue weighted by Crippen LogP contribution is -2.37. The summed E-state index contributed by atoms with van der Waals surface area (Å²) >= 11 is 0. The van der Waals surface area contributed by atoms with E-state index in [4.69, 9.17) is 5.11 Å². The number of carboxylic acids is 1. The van der Waals surface area contributed by atoms with Gasteiger partial charge in [-0.2, -0.15) is 0 Å². The first-order valence-corrected chi connectivity index (χ1v) is 6.61. The van der Waals surface area contributed by atoms with E-state index in [0.717, 1.165) is 38.0 Å². The zero-order chi connectivity index (χ0) is 13.8. The number of aromatic carboxylic acids is 1. The van der Waals surface area contributed by atoms with Gasteiger partial charge in [-0.15, -0.1) is 0 Å². The number of benzene rings is 1. The van der Waals surface area contributed by atoms with Crippen LogP contribution in [0.4, 0.5) is 0 Å². The van der Waals surface area contributed by atoms with Crippen molar-refractivity contribution in [2.24, 2.45) is 5.92 Å². The van der Waals surface area contributed by atoms with Gasteiger partial charge < -0.3 is 5.11 Å². The Morgan fingerprint density at radius 1 is 1.32 bits per heavy atom. The number of carboxylic acid groups (broad SMARTS) is 1. The predicted molar refractivity (Wildman–Crippen MR) is 72.1 cm³/mol. The Hall–Kier alpha value is -1.68. The molecule has 1 unspecified atom stereocenters. The second-order valence-electron chi connectivity index (χ2n) is 5.19. The average Bonchev–Trinajstić information content (AvgIpc) is 2.39. The molecule has 0 saturated carbocycles. The summed E-state index contributed by atoms with van der Waals surface area (Å²) in [4.78, 5) is 24.5. The molecule has 0 amide bonds. The molecule has 1 N–H and O–H groups in total. The molecule has 1 aromatic carbocycles. The molecule has 1 aliphatic heterocycles. The summed E-state index contributed by atoms with van der Waals surface area (Å²) in [6, 6.07) is 6.95. The Balaban J connectivity index is 1.96. The van der Waals surface area contributed by atoms with Crippen LogP contribution in [0.15, 0.2) is 24.3 Å². The molecule has 0 spiro atoms. The first-order chi connectivity index (χ1) is 9.06. The highest BCUT2D eigenvalue weighted by Crippen LogP contribution is 2.19. The normalized spacial score (nSPS) is 20.2. The summed E-state index contributed by atoms with van der Waals surface area (Å²) < 4.78 is 0. The number of hydrogen-bond acceptors (Lipinski definition) is 3. The van der Waals surface area contributed by atoms with Gasteiger partial charge in [0.15, 0.2) is 0 Å². The van der Waals surface area contributed by atoms with Crippen molar-refractivity contribution in [3.8, 4) is 0 Å². The minimum atomic E-state index is -0.902. The van der Waals surface area contributed by atoms with Crippen molar-refractivity contribution in [3.05, 3.63) is 35.4 Å². The molecule has 1 heterocycles. The predicted octanol–water partition coefficient (Wildman–Crippen LogP) is 2.19. The second kappa shape index (κ2) is 5.97. The van der Waals surface area contributed by atoms with Crippen molar-refractivity contribution in [3.63, 3.8) is 0 Å². The van der Waals surface area contributed by atoms with E-state index in [1.807, 2.05) is 12.1 Å². The highest BCUT2D eigenvalue weighted by atomic mass is 16.4. The molecule has 102 valence electrons. The largest absolute Gasteiger partial charge is 0.478 e.